The van der Waals surface area contributed by atoms with Crippen molar-refractivity contribution in [1.82, 2.24) is 9.88 Å². The van der Waals surface area contributed by atoms with Gasteiger partial charge in [-0.2, -0.15) is 0 Å². The quantitative estimate of drug-likeness (QED) is 0.752. The number of carbonyl (C=O) groups excluding carboxylic acids is 1. The van der Waals surface area contributed by atoms with Crippen molar-refractivity contribution in [1.29, 1.82) is 0 Å². The Hall–Kier alpha value is -2.80. The highest BCUT2D eigenvalue weighted by molar-refractivity contribution is 7.22. The number of amides is 1. The Morgan fingerprint density at radius 2 is 1.81 bits per heavy atom. The zero-order valence-electron chi connectivity index (χ0n) is 15.2. The molecule has 0 atom stereocenters. The molecule has 0 unspecified atom stereocenters. The van der Waals surface area contributed by atoms with Crippen LogP contribution in [0.3, 0.4) is 0 Å². The van der Waals surface area contributed by atoms with E-state index in [0.717, 1.165) is 21.0 Å². The van der Waals surface area contributed by atoms with E-state index in [1.165, 1.54) is 0 Å². The van der Waals surface area contributed by atoms with E-state index >= 15 is 0 Å². The molecular weight excluding hydrogens is 360 g/mol. The van der Waals surface area contributed by atoms with Crippen molar-refractivity contribution in [3.8, 4) is 5.75 Å². The maximum absolute atomic E-state index is 12.7. The number of hydrogen-bond acceptors (Lipinski definition) is 6. The number of aromatic hydroxyl groups is 1. The first-order chi connectivity index (χ1) is 13.1. The molecule has 27 heavy (non-hydrogen) atoms. The Morgan fingerprint density at radius 3 is 2.56 bits per heavy atom. The molecule has 0 aliphatic carbocycles. The van der Waals surface area contributed by atoms with Gasteiger partial charge in [0.25, 0.3) is 0 Å². The Bertz CT molecular complexity index is 917. The summed E-state index contributed by atoms with van der Waals surface area (Å²) in [5.41, 5.74) is 1.80. The van der Waals surface area contributed by atoms with E-state index in [2.05, 4.69) is 9.88 Å². The van der Waals surface area contributed by atoms with Crippen LogP contribution in [0.15, 0.2) is 48.5 Å². The zero-order chi connectivity index (χ0) is 18.8. The molecule has 4 rings (SSSR count). The van der Waals surface area contributed by atoms with E-state index in [9.17, 15) is 9.90 Å². The Morgan fingerprint density at radius 1 is 1.11 bits per heavy atom. The van der Waals surface area contributed by atoms with E-state index in [-0.39, 0.29) is 11.7 Å². The van der Waals surface area contributed by atoms with Gasteiger partial charge in [-0.25, -0.2) is 4.98 Å². The van der Waals surface area contributed by atoms with Gasteiger partial charge in [0.2, 0.25) is 5.91 Å². The summed E-state index contributed by atoms with van der Waals surface area (Å²) in [7, 11) is 1.91. The first-order valence-corrected chi connectivity index (χ1v) is 9.81. The van der Waals surface area contributed by atoms with Gasteiger partial charge in [0, 0.05) is 33.2 Å². The average Bonchev–Trinajstić information content (AvgIpc) is 3.13. The molecule has 3 aromatic rings. The van der Waals surface area contributed by atoms with Gasteiger partial charge in [-0.15, -0.1) is 0 Å². The summed E-state index contributed by atoms with van der Waals surface area (Å²) in [5, 5.41) is 10.9. The number of anilines is 2. The second kappa shape index (κ2) is 7.44. The molecule has 1 aromatic heterocycles. The first kappa shape index (κ1) is 17.6. The average molecular weight is 382 g/mol. The third kappa shape index (κ3) is 3.68. The van der Waals surface area contributed by atoms with Crippen molar-refractivity contribution in [3.05, 3.63) is 48.5 Å². The highest BCUT2D eigenvalue weighted by Gasteiger charge is 2.23. The summed E-state index contributed by atoms with van der Waals surface area (Å²) >= 11 is 1.60. The topological polar surface area (TPSA) is 59.9 Å². The lowest BCUT2D eigenvalue weighted by atomic mass is 10.2. The molecule has 2 aromatic carbocycles. The van der Waals surface area contributed by atoms with Gasteiger partial charge in [0.15, 0.2) is 5.13 Å². The Balaban J connectivity index is 1.36. The van der Waals surface area contributed by atoms with E-state index in [1.54, 1.807) is 17.4 Å². The van der Waals surface area contributed by atoms with E-state index in [4.69, 9.17) is 0 Å². The minimum atomic E-state index is 0.105. The van der Waals surface area contributed by atoms with E-state index < -0.39 is 0 Å². The van der Waals surface area contributed by atoms with E-state index in [1.807, 2.05) is 59.3 Å². The van der Waals surface area contributed by atoms with Crippen LogP contribution in [0.4, 0.5) is 10.8 Å². The highest BCUT2D eigenvalue weighted by atomic mass is 32.1. The lowest BCUT2D eigenvalue weighted by molar-refractivity contribution is -0.129. The van der Waals surface area contributed by atoms with Gasteiger partial charge >= 0.3 is 0 Å². The summed E-state index contributed by atoms with van der Waals surface area (Å²) in [5.74, 6) is 0.390. The molecular formula is C20H22N4O2S. The number of thiazole rings is 1. The standard InChI is InChI=1S/C20H22N4O2S/c1-22(20-21-15-6-2-5-9-18(15)27-20)14-19(26)24-12-10-23(11-13-24)16-7-3-4-8-17(16)25/h2-9,25H,10-14H2,1H3. The predicted octanol–water partition coefficient (Wildman–Crippen LogP) is 2.79. The molecule has 0 bridgehead atoms. The summed E-state index contributed by atoms with van der Waals surface area (Å²) in [6.45, 7) is 3.06. The maximum Gasteiger partial charge on any atom is 0.242 e. The van der Waals surface area contributed by atoms with Crippen LogP contribution in [0.5, 0.6) is 5.75 Å². The second-order valence-electron chi connectivity index (χ2n) is 6.68. The third-order valence-corrected chi connectivity index (χ3v) is 5.99. The number of benzene rings is 2. The lowest BCUT2D eigenvalue weighted by Gasteiger charge is -2.36. The van der Waals surface area contributed by atoms with Gasteiger partial charge in [-0.3, -0.25) is 4.79 Å². The van der Waals surface area contributed by atoms with Crippen LogP contribution in [-0.4, -0.2) is 60.7 Å². The van der Waals surface area contributed by atoms with Crippen LogP contribution in [0.25, 0.3) is 10.2 Å². The fraction of sp³-hybridized carbons (Fsp3) is 0.300. The first-order valence-electron chi connectivity index (χ1n) is 8.99. The highest BCUT2D eigenvalue weighted by Crippen LogP contribution is 2.29. The second-order valence-corrected chi connectivity index (χ2v) is 7.69. The Kier molecular flexibility index (Phi) is 4.85. The third-order valence-electron chi connectivity index (χ3n) is 4.84. The number of hydrogen-bond donors (Lipinski definition) is 1. The predicted molar refractivity (Wildman–Crippen MR) is 110 cm³/mol. The van der Waals surface area contributed by atoms with Crippen molar-refractivity contribution in [2.45, 2.75) is 0 Å². The SMILES string of the molecule is CN(CC(=O)N1CCN(c2ccccc2O)CC1)c1nc2ccccc2s1. The molecule has 2 heterocycles. The smallest absolute Gasteiger partial charge is 0.242 e. The summed E-state index contributed by atoms with van der Waals surface area (Å²) < 4.78 is 1.13. The fourth-order valence-electron chi connectivity index (χ4n) is 3.32. The van der Waals surface area contributed by atoms with E-state index in [0.29, 0.717) is 32.7 Å². The number of para-hydroxylation sites is 3. The van der Waals surface area contributed by atoms with Crippen LogP contribution in [0, 0.1) is 0 Å². The lowest BCUT2D eigenvalue weighted by Crippen LogP contribution is -2.51. The maximum atomic E-state index is 12.7. The van der Waals surface area contributed by atoms with Gasteiger partial charge < -0.3 is 19.8 Å². The number of likely N-dealkylation sites (N-methyl/N-ethyl adjacent to an activating group) is 1. The van der Waals surface area contributed by atoms with Gasteiger partial charge in [0.1, 0.15) is 5.75 Å². The molecule has 1 N–H and O–H groups in total. The largest absolute Gasteiger partial charge is 0.506 e. The molecule has 1 aliphatic heterocycles. The number of fused-ring (bicyclic) bond motifs is 1. The number of carbonyl (C=O) groups is 1. The van der Waals surface area contributed by atoms with Crippen LogP contribution in [-0.2, 0) is 4.79 Å². The van der Waals surface area contributed by atoms with Crippen LogP contribution >= 0.6 is 11.3 Å². The molecule has 7 heteroatoms. The minimum absolute atomic E-state index is 0.105. The molecule has 1 aliphatic rings. The number of nitrogens with zero attached hydrogens (tertiary/aromatic N) is 4. The Labute approximate surface area is 162 Å². The number of phenols is 1. The molecule has 0 saturated carbocycles. The fourth-order valence-corrected chi connectivity index (χ4v) is 4.25. The van der Waals surface area contributed by atoms with Crippen LogP contribution < -0.4 is 9.80 Å². The van der Waals surface area contributed by atoms with Crippen molar-refractivity contribution < 1.29 is 9.90 Å². The molecule has 1 fully saturated rings. The van der Waals surface area contributed by atoms with Crippen molar-refractivity contribution >= 4 is 38.3 Å². The molecule has 6 nitrogen and oxygen atoms in total. The van der Waals surface area contributed by atoms with Crippen LogP contribution in [0.2, 0.25) is 0 Å². The normalized spacial score (nSPS) is 14.6. The van der Waals surface area contributed by atoms with Gasteiger partial charge in [-0.1, -0.05) is 35.6 Å². The molecule has 0 spiro atoms. The number of phenolic OH excluding ortho intramolecular Hbond substituents is 1. The molecule has 1 saturated heterocycles. The van der Waals surface area contributed by atoms with Gasteiger partial charge in [-0.05, 0) is 24.3 Å². The monoisotopic (exact) mass is 382 g/mol. The van der Waals surface area contributed by atoms with Gasteiger partial charge in [0.05, 0.1) is 22.4 Å². The summed E-state index contributed by atoms with van der Waals surface area (Å²) in [6, 6.07) is 15.3. The zero-order valence-corrected chi connectivity index (χ0v) is 16.0. The summed E-state index contributed by atoms with van der Waals surface area (Å²) in [6.07, 6.45) is 0. The molecule has 140 valence electrons. The number of rotatable bonds is 4. The minimum Gasteiger partial charge on any atom is -0.506 e. The van der Waals surface area contributed by atoms with Crippen molar-refractivity contribution in [2.24, 2.45) is 0 Å². The van der Waals surface area contributed by atoms with Crippen molar-refractivity contribution in [2.75, 3.05) is 49.6 Å². The molecule has 1 amide bonds. The summed E-state index contributed by atoms with van der Waals surface area (Å²) in [4.78, 5) is 23.2. The van der Waals surface area contributed by atoms with Crippen molar-refractivity contribution in [3.63, 3.8) is 0 Å². The number of piperazine rings is 1. The van der Waals surface area contributed by atoms with Crippen LogP contribution in [0.1, 0.15) is 0 Å². The number of aromatic nitrogens is 1. The molecule has 0 radical (unpaired) electrons.